The second-order valence-electron chi connectivity index (χ2n) is 6.83. The third-order valence-electron chi connectivity index (χ3n) is 4.30. The fourth-order valence-corrected chi connectivity index (χ4v) is 2.60. The summed E-state index contributed by atoms with van der Waals surface area (Å²) in [6, 6.07) is 14.3. The molecule has 9 heteroatoms. The predicted molar refractivity (Wildman–Crippen MR) is 114 cm³/mol. The van der Waals surface area contributed by atoms with Crippen LogP contribution < -0.4 is 11.1 Å². The number of benzene rings is 2. The van der Waals surface area contributed by atoms with E-state index >= 15 is 0 Å². The maximum absolute atomic E-state index is 11.0. The summed E-state index contributed by atoms with van der Waals surface area (Å²) in [6.45, 7) is 0.168. The molecule has 9 nitrogen and oxygen atoms in total. The topological polar surface area (TPSA) is 170 Å². The lowest BCUT2D eigenvalue weighted by molar-refractivity contribution is -0.141. The van der Waals surface area contributed by atoms with Crippen LogP contribution in [-0.2, 0) is 27.2 Å². The van der Waals surface area contributed by atoms with E-state index in [0.29, 0.717) is 12.8 Å². The highest BCUT2D eigenvalue weighted by molar-refractivity contribution is 5.74. The van der Waals surface area contributed by atoms with Crippen LogP contribution in [0.25, 0.3) is 0 Å². The summed E-state index contributed by atoms with van der Waals surface area (Å²) in [5, 5.41) is 37.7. The zero-order valence-electron chi connectivity index (χ0n) is 17.0. The van der Waals surface area contributed by atoms with Crippen LogP contribution in [0, 0.1) is 0 Å². The first-order valence-corrected chi connectivity index (χ1v) is 9.67. The van der Waals surface area contributed by atoms with Crippen LogP contribution in [0.15, 0.2) is 54.6 Å². The van der Waals surface area contributed by atoms with Gasteiger partial charge in [0.05, 0.1) is 6.42 Å². The first-order chi connectivity index (χ1) is 14.7. The molecule has 0 fully saturated rings. The van der Waals surface area contributed by atoms with E-state index < -0.39 is 30.0 Å². The Hall–Kier alpha value is -3.43. The number of carbonyl (C=O) groups is 3. The van der Waals surface area contributed by atoms with Crippen molar-refractivity contribution in [2.75, 3.05) is 6.54 Å². The number of nitrogens with one attached hydrogen (secondary N) is 1. The van der Waals surface area contributed by atoms with E-state index in [4.69, 9.17) is 26.2 Å². The Kier molecular flexibility index (Phi) is 11.3. The van der Waals surface area contributed by atoms with E-state index in [-0.39, 0.29) is 25.1 Å². The molecule has 0 saturated heterocycles. The third kappa shape index (κ3) is 11.4. The number of carboxylic acid groups (broad SMARTS) is 3. The summed E-state index contributed by atoms with van der Waals surface area (Å²) in [6.07, 6.45) is 1.29. The lowest BCUT2D eigenvalue weighted by atomic mass is 10.1. The van der Waals surface area contributed by atoms with Crippen molar-refractivity contribution in [2.24, 2.45) is 5.73 Å². The van der Waals surface area contributed by atoms with E-state index in [9.17, 15) is 14.4 Å². The van der Waals surface area contributed by atoms with Crippen molar-refractivity contribution in [3.8, 4) is 5.75 Å². The minimum absolute atomic E-state index is 0.0743. The lowest BCUT2D eigenvalue weighted by Gasteiger charge is -2.13. The number of aromatic hydroxyl groups is 1. The Bertz CT molecular complexity index is 826. The van der Waals surface area contributed by atoms with Gasteiger partial charge in [-0.3, -0.25) is 14.4 Å². The van der Waals surface area contributed by atoms with Gasteiger partial charge < -0.3 is 31.5 Å². The number of phenols is 1. The molecule has 2 aromatic carbocycles. The molecule has 2 aromatic rings. The fraction of sp³-hybridized carbons (Fsp3) is 0.318. The van der Waals surface area contributed by atoms with Crippen LogP contribution in [-0.4, -0.2) is 57.0 Å². The monoisotopic (exact) mass is 432 g/mol. The Morgan fingerprint density at radius 3 is 2.00 bits per heavy atom. The van der Waals surface area contributed by atoms with Crippen molar-refractivity contribution >= 4 is 17.9 Å². The highest BCUT2D eigenvalue weighted by Gasteiger charge is 2.16. The van der Waals surface area contributed by atoms with Crippen LogP contribution >= 0.6 is 0 Å². The normalized spacial score (nSPS) is 12.2. The van der Waals surface area contributed by atoms with E-state index in [1.54, 1.807) is 12.1 Å². The molecule has 7 N–H and O–H groups in total. The molecule has 168 valence electrons. The van der Waals surface area contributed by atoms with E-state index in [1.807, 2.05) is 30.3 Å². The minimum Gasteiger partial charge on any atom is -0.508 e. The van der Waals surface area contributed by atoms with Gasteiger partial charge in [-0.15, -0.1) is 0 Å². The molecule has 0 aliphatic heterocycles. The smallest absolute Gasteiger partial charge is 0.320 e. The number of hydrogen-bond acceptors (Lipinski definition) is 6. The quantitative estimate of drug-likeness (QED) is 0.308. The molecular formula is C22H28N2O7. The molecule has 0 spiro atoms. The van der Waals surface area contributed by atoms with Gasteiger partial charge in [0.15, 0.2) is 0 Å². The molecule has 0 radical (unpaired) electrons. The predicted octanol–water partition coefficient (Wildman–Crippen LogP) is 1.48. The highest BCUT2D eigenvalue weighted by Crippen LogP contribution is 2.10. The first-order valence-electron chi connectivity index (χ1n) is 9.67. The van der Waals surface area contributed by atoms with Crippen molar-refractivity contribution in [2.45, 2.75) is 37.8 Å². The number of rotatable bonds is 11. The van der Waals surface area contributed by atoms with Crippen LogP contribution in [0.2, 0.25) is 0 Å². The average molecular weight is 432 g/mol. The molecule has 2 atom stereocenters. The number of aliphatic carboxylic acids is 3. The molecule has 0 aliphatic carbocycles. The molecule has 2 rings (SSSR count). The summed E-state index contributed by atoms with van der Waals surface area (Å²) < 4.78 is 0. The standard InChI is InChI=1S/C13H17NO4.C9H11NO3/c15-12(16)8-9-14-11(13(17)18)7-6-10-4-2-1-3-5-10;10-8(9(12)13)5-6-1-3-7(11)4-2-6/h1-5,11,14H,6-9H2,(H,15,16)(H,17,18);1-4,8,11H,5,10H2,(H,12,13)/t11-;8-/m10/s1. The Morgan fingerprint density at radius 1 is 0.871 bits per heavy atom. The molecule has 0 aromatic heterocycles. The third-order valence-corrected chi connectivity index (χ3v) is 4.30. The van der Waals surface area contributed by atoms with Gasteiger partial charge >= 0.3 is 17.9 Å². The van der Waals surface area contributed by atoms with E-state index in [2.05, 4.69) is 5.32 Å². The number of carboxylic acids is 3. The minimum atomic E-state index is -1.02. The average Bonchev–Trinajstić information content (AvgIpc) is 2.73. The molecule has 0 saturated carbocycles. The molecule has 0 amide bonds. The van der Waals surface area contributed by atoms with Gasteiger partial charge in [0.25, 0.3) is 0 Å². The van der Waals surface area contributed by atoms with E-state index in [1.165, 1.54) is 12.1 Å². The summed E-state index contributed by atoms with van der Waals surface area (Å²) in [5.41, 5.74) is 7.20. The number of phenolic OH excluding ortho intramolecular Hbond substituents is 1. The summed E-state index contributed by atoms with van der Waals surface area (Å²) in [7, 11) is 0. The van der Waals surface area contributed by atoms with E-state index in [0.717, 1.165) is 11.1 Å². The zero-order valence-corrected chi connectivity index (χ0v) is 17.0. The number of hydrogen-bond donors (Lipinski definition) is 6. The van der Waals surface area contributed by atoms with Crippen molar-refractivity contribution in [1.82, 2.24) is 5.32 Å². The molecule has 31 heavy (non-hydrogen) atoms. The Balaban J connectivity index is 0.000000327. The first kappa shape index (κ1) is 25.6. The van der Waals surface area contributed by atoms with Gasteiger partial charge in [0, 0.05) is 6.54 Å². The fourth-order valence-electron chi connectivity index (χ4n) is 2.60. The maximum Gasteiger partial charge on any atom is 0.320 e. The van der Waals surface area contributed by atoms with Crippen LogP contribution in [0.3, 0.4) is 0 Å². The van der Waals surface area contributed by atoms with Gasteiger partial charge in [-0.05, 0) is 42.5 Å². The van der Waals surface area contributed by atoms with Crippen LogP contribution in [0.5, 0.6) is 5.75 Å². The molecule has 0 heterocycles. The number of nitrogens with two attached hydrogens (primary N) is 1. The summed E-state index contributed by atoms with van der Waals surface area (Å²) in [5.74, 6) is -2.74. The number of aryl methyl sites for hydroxylation is 1. The Labute approximate surface area is 180 Å². The second kappa shape index (κ2) is 13.7. The second-order valence-corrected chi connectivity index (χ2v) is 6.83. The molecule has 0 bridgehead atoms. The van der Waals surface area contributed by atoms with Crippen molar-refractivity contribution in [1.29, 1.82) is 0 Å². The lowest BCUT2D eigenvalue weighted by Crippen LogP contribution is -2.38. The van der Waals surface area contributed by atoms with Gasteiger partial charge in [-0.1, -0.05) is 42.5 Å². The van der Waals surface area contributed by atoms with Gasteiger partial charge in [-0.2, -0.15) is 0 Å². The highest BCUT2D eigenvalue weighted by atomic mass is 16.4. The molecule has 0 aliphatic rings. The van der Waals surface area contributed by atoms with Gasteiger partial charge in [0.1, 0.15) is 17.8 Å². The summed E-state index contributed by atoms with van der Waals surface area (Å²) in [4.78, 5) is 31.7. The van der Waals surface area contributed by atoms with Crippen molar-refractivity contribution < 1.29 is 34.8 Å². The SMILES string of the molecule is N[C@@H](Cc1ccc(O)cc1)C(=O)O.O=C(O)CCN[C@H](CCc1ccccc1)C(=O)O. The van der Waals surface area contributed by atoms with Crippen molar-refractivity contribution in [3.05, 3.63) is 65.7 Å². The van der Waals surface area contributed by atoms with Crippen LogP contribution in [0.4, 0.5) is 0 Å². The van der Waals surface area contributed by atoms with Crippen molar-refractivity contribution in [3.63, 3.8) is 0 Å². The van der Waals surface area contributed by atoms with Gasteiger partial charge in [0.2, 0.25) is 0 Å². The largest absolute Gasteiger partial charge is 0.508 e. The molecule has 0 unspecified atom stereocenters. The Morgan fingerprint density at radius 2 is 1.48 bits per heavy atom. The maximum atomic E-state index is 11.0. The molecular weight excluding hydrogens is 404 g/mol. The van der Waals surface area contributed by atoms with Gasteiger partial charge in [-0.25, -0.2) is 0 Å². The zero-order chi connectivity index (χ0) is 23.2. The summed E-state index contributed by atoms with van der Waals surface area (Å²) >= 11 is 0. The van der Waals surface area contributed by atoms with Crippen LogP contribution in [0.1, 0.15) is 24.0 Å².